The van der Waals surface area contributed by atoms with Crippen LogP contribution in [0.1, 0.15) is 24.5 Å². The molecule has 0 aromatic heterocycles. The molecule has 0 saturated carbocycles. The number of nitrogens with one attached hydrogen (secondary N) is 1. The van der Waals surface area contributed by atoms with Crippen molar-refractivity contribution in [2.75, 3.05) is 30.8 Å². The zero-order valence-electron chi connectivity index (χ0n) is 22.3. The molecule has 0 spiro atoms. The van der Waals surface area contributed by atoms with Crippen molar-refractivity contribution in [2.24, 2.45) is 0 Å². The third kappa shape index (κ3) is 8.46. The van der Waals surface area contributed by atoms with Gasteiger partial charge in [-0.05, 0) is 35.7 Å². The second kappa shape index (κ2) is 14.0. The molecular weight excluding hydrogens is 538 g/mol. The maximum Gasteiger partial charge on any atom is 0.244 e. The van der Waals surface area contributed by atoms with Crippen LogP contribution in [0.5, 0.6) is 5.75 Å². The highest BCUT2D eigenvalue weighted by Gasteiger charge is 2.33. The van der Waals surface area contributed by atoms with E-state index in [0.29, 0.717) is 22.9 Å². The van der Waals surface area contributed by atoms with Crippen molar-refractivity contribution < 1.29 is 22.7 Å². The summed E-state index contributed by atoms with van der Waals surface area (Å²) in [6.45, 7) is 1.89. The zero-order chi connectivity index (χ0) is 28.4. The minimum Gasteiger partial charge on any atom is -0.497 e. The van der Waals surface area contributed by atoms with Crippen LogP contribution in [0.3, 0.4) is 0 Å². The minimum atomic E-state index is -3.87. The molecule has 0 aliphatic heterocycles. The quantitative estimate of drug-likeness (QED) is 0.330. The first-order chi connectivity index (χ1) is 18.6. The van der Waals surface area contributed by atoms with Gasteiger partial charge in [0.05, 0.1) is 19.1 Å². The number of ether oxygens (including phenoxy) is 1. The van der Waals surface area contributed by atoms with Crippen molar-refractivity contribution in [1.82, 2.24) is 10.2 Å². The van der Waals surface area contributed by atoms with Crippen LogP contribution in [0.2, 0.25) is 5.02 Å². The van der Waals surface area contributed by atoms with Crippen LogP contribution >= 0.6 is 11.6 Å². The van der Waals surface area contributed by atoms with Crippen LogP contribution in [0.15, 0.2) is 78.9 Å². The highest BCUT2D eigenvalue weighted by Crippen LogP contribution is 2.25. The van der Waals surface area contributed by atoms with Crippen LogP contribution in [0, 0.1) is 0 Å². The molecule has 3 rings (SSSR count). The van der Waals surface area contributed by atoms with Crippen molar-refractivity contribution in [1.29, 1.82) is 0 Å². The number of hydrogen-bond donors (Lipinski definition) is 1. The molecule has 3 aromatic rings. The van der Waals surface area contributed by atoms with Gasteiger partial charge in [-0.2, -0.15) is 0 Å². The minimum absolute atomic E-state index is 0.0191. The zero-order valence-corrected chi connectivity index (χ0v) is 23.9. The van der Waals surface area contributed by atoms with E-state index >= 15 is 0 Å². The Morgan fingerprint density at radius 2 is 1.69 bits per heavy atom. The Morgan fingerprint density at radius 1 is 1.00 bits per heavy atom. The van der Waals surface area contributed by atoms with Crippen LogP contribution in [0.4, 0.5) is 5.69 Å². The number of methoxy groups -OCH3 is 1. The molecule has 0 bridgehead atoms. The van der Waals surface area contributed by atoms with E-state index in [1.165, 1.54) is 12.0 Å². The fraction of sp³-hybridized carbons (Fsp3) is 0.310. The molecule has 1 N–H and O–H groups in total. The normalized spacial score (nSPS) is 11.9. The standard InChI is InChI=1S/C29H34ClN3O5S/c1-4-17-31-29(35)27(18-22-11-6-5-7-12-22)32(20-23-13-8-9-16-26(23)30)28(34)21-33(39(3,36)37)24-14-10-15-25(19-24)38-2/h5-16,19,27H,4,17-18,20-21H2,1-3H3,(H,31,35)/t27-/m1/s1. The summed E-state index contributed by atoms with van der Waals surface area (Å²) in [4.78, 5) is 28.9. The second-order valence-corrected chi connectivity index (χ2v) is 11.4. The number of amides is 2. The van der Waals surface area contributed by atoms with Crippen LogP contribution in [-0.2, 0) is 32.6 Å². The number of carbonyl (C=O) groups is 2. The summed E-state index contributed by atoms with van der Waals surface area (Å²) < 4.78 is 32.0. The fourth-order valence-corrected chi connectivity index (χ4v) is 5.15. The molecule has 0 aliphatic rings. The third-order valence-electron chi connectivity index (χ3n) is 6.14. The Labute approximate surface area is 235 Å². The Bertz CT molecular complexity index is 1370. The largest absolute Gasteiger partial charge is 0.497 e. The van der Waals surface area contributed by atoms with E-state index in [1.807, 2.05) is 37.3 Å². The number of benzene rings is 3. The molecular formula is C29H34ClN3O5S. The topological polar surface area (TPSA) is 96.0 Å². The van der Waals surface area contributed by atoms with Gasteiger partial charge in [-0.25, -0.2) is 8.42 Å². The van der Waals surface area contributed by atoms with Crippen LogP contribution in [0.25, 0.3) is 0 Å². The fourth-order valence-electron chi connectivity index (χ4n) is 4.11. The van der Waals surface area contributed by atoms with Gasteiger partial charge in [0.25, 0.3) is 0 Å². The molecule has 208 valence electrons. The van der Waals surface area contributed by atoms with E-state index in [0.717, 1.165) is 22.5 Å². The Hall–Kier alpha value is -3.56. The van der Waals surface area contributed by atoms with E-state index in [9.17, 15) is 18.0 Å². The SMILES string of the molecule is CCCNC(=O)[C@@H](Cc1ccccc1)N(Cc1ccccc1Cl)C(=O)CN(c1cccc(OC)c1)S(C)(=O)=O. The van der Waals surface area contributed by atoms with Crippen molar-refractivity contribution in [3.8, 4) is 5.75 Å². The number of sulfonamides is 1. The lowest BCUT2D eigenvalue weighted by Gasteiger charge is -2.33. The molecule has 2 amide bonds. The Balaban J connectivity index is 2.05. The molecule has 3 aromatic carbocycles. The second-order valence-electron chi connectivity index (χ2n) is 9.08. The summed E-state index contributed by atoms with van der Waals surface area (Å²) in [7, 11) is -2.39. The maximum absolute atomic E-state index is 14.0. The summed E-state index contributed by atoms with van der Waals surface area (Å²) >= 11 is 6.45. The lowest BCUT2D eigenvalue weighted by molar-refractivity contribution is -0.140. The highest BCUT2D eigenvalue weighted by molar-refractivity contribution is 7.92. The van der Waals surface area contributed by atoms with Crippen LogP contribution < -0.4 is 14.4 Å². The van der Waals surface area contributed by atoms with E-state index < -0.39 is 28.5 Å². The molecule has 39 heavy (non-hydrogen) atoms. The number of hydrogen-bond acceptors (Lipinski definition) is 5. The molecule has 8 nitrogen and oxygen atoms in total. The molecule has 0 radical (unpaired) electrons. The van der Waals surface area contributed by atoms with E-state index in [-0.39, 0.29) is 24.6 Å². The smallest absolute Gasteiger partial charge is 0.244 e. The number of nitrogens with zero attached hydrogens (tertiary/aromatic N) is 2. The molecule has 10 heteroatoms. The van der Waals surface area contributed by atoms with Crippen molar-refractivity contribution in [2.45, 2.75) is 32.4 Å². The first kappa shape index (κ1) is 30.0. The maximum atomic E-state index is 14.0. The van der Waals surface area contributed by atoms with Gasteiger partial charge in [0, 0.05) is 30.6 Å². The lowest BCUT2D eigenvalue weighted by Crippen LogP contribution is -2.53. The van der Waals surface area contributed by atoms with Gasteiger partial charge in [-0.3, -0.25) is 13.9 Å². The number of halogens is 1. The van der Waals surface area contributed by atoms with Crippen LogP contribution in [-0.4, -0.2) is 57.6 Å². The van der Waals surface area contributed by atoms with Gasteiger partial charge in [-0.15, -0.1) is 0 Å². The molecule has 0 fully saturated rings. The molecule has 0 unspecified atom stereocenters. The van der Waals surface area contributed by atoms with Crippen molar-refractivity contribution in [3.63, 3.8) is 0 Å². The monoisotopic (exact) mass is 571 g/mol. The van der Waals surface area contributed by atoms with E-state index in [4.69, 9.17) is 16.3 Å². The molecule has 1 atom stereocenters. The summed E-state index contributed by atoms with van der Waals surface area (Å²) in [6, 6.07) is 22.0. The first-order valence-corrected chi connectivity index (χ1v) is 14.8. The average molecular weight is 572 g/mol. The lowest BCUT2D eigenvalue weighted by atomic mass is 10.0. The Kier molecular flexibility index (Phi) is 10.8. The average Bonchev–Trinajstić information content (AvgIpc) is 2.93. The van der Waals surface area contributed by atoms with Gasteiger partial charge in [0.2, 0.25) is 21.8 Å². The summed E-state index contributed by atoms with van der Waals surface area (Å²) in [6.07, 6.45) is 2.00. The van der Waals surface area contributed by atoms with Crippen molar-refractivity contribution >= 4 is 39.1 Å². The summed E-state index contributed by atoms with van der Waals surface area (Å²) in [5.41, 5.74) is 1.78. The van der Waals surface area contributed by atoms with Crippen molar-refractivity contribution in [3.05, 3.63) is 95.0 Å². The van der Waals surface area contributed by atoms with E-state index in [2.05, 4.69) is 5.32 Å². The molecule has 0 heterocycles. The number of rotatable bonds is 13. The predicted octanol–water partition coefficient (Wildman–Crippen LogP) is 4.28. The Morgan fingerprint density at radius 3 is 2.33 bits per heavy atom. The summed E-state index contributed by atoms with van der Waals surface area (Å²) in [5.74, 6) is -0.424. The molecule has 0 saturated heterocycles. The number of carbonyl (C=O) groups excluding carboxylic acids is 2. The van der Waals surface area contributed by atoms with Gasteiger partial charge in [0.15, 0.2) is 0 Å². The number of anilines is 1. The molecule has 0 aliphatic carbocycles. The van der Waals surface area contributed by atoms with Gasteiger partial charge >= 0.3 is 0 Å². The summed E-state index contributed by atoms with van der Waals surface area (Å²) in [5, 5.41) is 3.34. The van der Waals surface area contributed by atoms with Gasteiger partial charge < -0.3 is 15.0 Å². The van der Waals surface area contributed by atoms with Gasteiger partial charge in [0.1, 0.15) is 18.3 Å². The van der Waals surface area contributed by atoms with E-state index in [1.54, 1.807) is 48.5 Å². The first-order valence-electron chi connectivity index (χ1n) is 12.6. The van der Waals surface area contributed by atoms with Gasteiger partial charge in [-0.1, -0.05) is 73.1 Å². The third-order valence-corrected chi connectivity index (χ3v) is 7.65. The highest BCUT2D eigenvalue weighted by atomic mass is 35.5. The predicted molar refractivity (Wildman–Crippen MR) is 154 cm³/mol.